The average molecular weight is 540 g/mol. The number of alkyl halides is 10. The molecule has 4 nitrogen and oxygen atoms in total. The minimum atomic E-state index is -5.63. The zero-order chi connectivity index (χ0) is 27.2. The van der Waals surface area contributed by atoms with Crippen molar-refractivity contribution in [2.24, 2.45) is 0 Å². The molecule has 0 spiro atoms. The van der Waals surface area contributed by atoms with Crippen LogP contribution in [0.25, 0.3) is 0 Å². The van der Waals surface area contributed by atoms with Gasteiger partial charge in [-0.3, -0.25) is 9.47 Å². The predicted molar refractivity (Wildman–Crippen MR) is 76.3 cm³/mol. The first-order valence-corrected chi connectivity index (χ1v) is 8.17. The van der Waals surface area contributed by atoms with Gasteiger partial charge >= 0.3 is 36.1 Å². The Morgan fingerprint density at radius 3 is 1.44 bits per heavy atom. The molecular formula is C15H11F15O4. The fraction of sp³-hybridized carbons (Fsp3) is 0.733. The van der Waals surface area contributed by atoms with Crippen molar-refractivity contribution in [1.29, 1.82) is 0 Å². The lowest BCUT2D eigenvalue weighted by Gasteiger charge is -2.31. The standard InChI is InChI=1S/C8H6F8O2.C7H5F7O2/c1-5(6(11,12)2-4(9)10)17-3-7(13,18-5)8(14,15)16;1-5(3(8)4(9)10)15-2-6(11,16-5)7(12,13)14/h2H,3H2,1H3;2H2,1H3. The molecule has 0 aromatic carbocycles. The summed E-state index contributed by atoms with van der Waals surface area (Å²) in [5.41, 5.74) is 0. The zero-order valence-corrected chi connectivity index (χ0v) is 16.3. The maximum atomic E-state index is 13.2. The van der Waals surface area contributed by atoms with Gasteiger partial charge in [-0.05, 0) is 13.8 Å². The van der Waals surface area contributed by atoms with E-state index in [1.807, 2.05) is 0 Å². The van der Waals surface area contributed by atoms with E-state index in [0.29, 0.717) is 6.92 Å². The molecule has 0 radical (unpaired) electrons. The number of halogens is 15. The van der Waals surface area contributed by atoms with Crippen molar-refractivity contribution in [3.05, 3.63) is 24.1 Å². The van der Waals surface area contributed by atoms with E-state index in [4.69, 9.17) is 0 Å². The second kappa shape index (κ2) is 9.05. The molecule has 0 saturated carbocycles. The summed E-state index contributed by atoms with van der Waals surface area (Å²) in [4.78, 5) is 0. The first-order chi connectivity index (χ1) is 14.8. The molecule has 2 heterocycles. The third-order valence-corrected chi connectivity index (χ3v) is 4.09. The predicted octanol–water partition coefficient (Wildman–Crippen LogP) is 6.45. The highest BCUT2D eigenvalue weighted by Gasteiger charge is 2.71. The number of rotatable bonds is 3. The molecule has 0 aromatic heterocycles. The first kappa shape index (κ1) is 30.3. The lowest BCUT2D eigenvalue weighted by atomic mass is 10.1. The van der Waals surface area contributed by atoms with E-state index in [9.17, 15) is 65.9 Å². The van der Waals surface area contributed by atoms with Crippen molar-refractivity contribution in [3.8, 4) is 0 Å². The van der Waals surface area contributed by atoms with Gasteiger partial charge in [-0.25, -0.2) is 0 Å². The second-order valence-corrected chi connectivity index (χ2v) is 6.76. The van der Waals surface area contributed by atoms with Crippen LogP contribution >= 0.6 is 0 Å². The summed E-state index contributed by atoms with van der Waals surface area (Å²) in [5.74, 6) is -22.3. The Labute approximate surface area is 178 Å². The van der Waals surface area contributed by atoms with Crippen molar-refractivity contribution in [1.82, 2.24) is 0 Å². The van der Waals surface area contributed by atoms with E-state index < -0.39 is 78.8 Å². The van der Waals surface area contributed by atoms with Gasteiger partial charge in [-0.15, -0.1) is 0 Å². The van der Waals surface area contributed by atoms with Gasteiger partial charge in [0.2, 0.25) is 17.4 Å². The topological polar surface area (TPSA) is 36.9 Å². The van der Waals surface area contributed by atoms with Crippen LogP contribution in [0.2, 0.25) is 0 Å². The SMILES string of the molecule is CC1(C(F)(F)C=C(F)F)OCC(F)(C(F)(F)F)O1.CC1(C(F)=C(F)F)OCC(F)(C(F)(F)F)O1. The van der Waals surface area contributed by atoms with Gasteiger partial charge in [0.05, 0.1) is 6.08 Å². The minimum Gasteiger partial charge on any atom is -0.338 e. The van der Waals surface area contributed by atoms with E-state index in [2.05, 4.69) is 18.9 Å². The van der Waals surface area contributed by atoms with Crippen LogP contribution in [0.15, 0.2) is 24.1 Å². The molecule has 0 aliphatic carbocycles. The summed E-state index contributed by atoms with van der Waals surface area (Å²) in [5, 5.41) is 0. The fourth-order valence-electron chi connectivity index (χ4n) is 2.19. The molecule has 0 aromatic rings. The molecule has 4 atom stereocenters. The Morgan fingerprint density at radius 2 is 1.12 bits per heavy atom. The van der Waals surface area contributed by atoms with E-state index in [1.165, 1.54) is 0 Å². The molecule has 2 aliphatic heterocycles. The summed E-state index contributed by atoms with van der Waals surface area (Å²) in [6.45, 7) is -2.92. The summed E-state index contributed by atoms with van der Waals surface area (Å²) in [7, 11) is 0. The second-order valence-electron chi connectivity index (χ2n) is 6.76. The molecular weight excluding hydrogens is 529 g/mol. The third-order valence-electron chi connectivity index (χ3n) is 4.09. The van der Waals surface area contributed by atoms with Crippen LogP contribution in [0.3, 0.4) is 0 Å². The van der Waals surface area contributed by atoms with Gasteiger partial charge < -0.3 is 9.47 Å². The maximum absolute atomic E-state index is 13.2. The molecule has 0 amide bonds. The van der Waals surface area contributed by atoms with Crippen molar-refractivity contribution in [2.45, 2.75) is 55.4 Å². The van der Waals surface area contributed by atoms with Crippen molar-refractivity contribution in [2.75, 3.05) is 13.2 Å². The molecule has 2 aliphatic rings. The van der Waals surface area contributed by atoms with E-state index >= 15 is 0 Å². The smallest absolute Gasteiger partial charge is 0.338 e. The molecule has 2 fully saturated rings. The Kier molecular flexibility index (Phi) is 8.06. The fourth-order valence-corrected chi connectivity index (χ4v) is 2.19. The maximum Gasteiger partial charge on any atom is 0.450 e. The van der Waals surface area contributed by atoms with Crippen LogP contribution in [0.4, 0.5) is 65.9 Å². The van der Waals surface area contributed by atoms with E-state index in [-0.39, 0.29) is 6.92 Å². The molecule has 0 bridgehead atoms. The van der Waals surface area contributed by atoms with Gasteiger partial charge in [-0.1, -0.05) is 0 Å². The van der Waals surface area contributed by atoms with Gasteiger partial charge in [-0.2, -0.15) is 65.9 Å². The molecule has 2 saturated heterocycles. The first-order valence-electron chi connectivity index (χ1n) is 8.17. The van der Waals surface area contributed by atoms with Crippen LogP contribution in [0.1, 0.15) is 13.8 Å². The highest BCUT2D eigenvalue weighted by Crippen LogP contribution is 2.50. The normalized spacial score (nSPS) is 34.4. The molecule has 34 heavy (non-hydrogen) atoms. The Bertz CT molecular complexity index is 816. The summed E-state index contributed by atoms with van der Waals surface area (Å²) in [6, 6.07) is 0. The number of hydrogen-bond donors (Lipinski definition) is 0. The van der Waals surface area contributed by atoms with E-state index in [0.717, 1.165) is 0 Å². The molecule has 2 rings (SSSR count). The van der Waals surface area contributed by atoms with Gasteiger partial charge in [0.15, 0.2) is 0 Å². The number of hydrogen-bond acceptors (Lipinski definition) is 4. The van der Waals surface area contributed by atoms with Crippen LogP contribution in [0, 0.1) is 0 Å². The van der Waals surface area contributed by atoms with Crippen LogP contribution in [-0.2, 0) is 18.9 Å². The van der Waals surface area contributed by atoms with Crippen molar-refractivity contribution in [3.63, 3.8) is 0 Å². The number of ether oxygens (including phenoxy) is 4. The van der Waals surface area contributed by atoms with Gasteiger partial charge in [0.25, 0.3) is 6.08 Å². The van der Waals surface area contributed by atoms with Crippen molar-refractivity contribution >= 4 is 0 Å². The summed E-state index contributed by atoms with van der Waals surface area (Å²) in [6.07, 6.45) is -17.9. The molecule has 200 valence electrons. The lowest BCUT2D eigenvalue weighted by Crippen LogP contribution is -2.50. The highest BCUT2D eigenvalue weighted by atomic mass is 19.4. The lowest BCUT2D eigenvalue weighted by molar-refractivity contribution is -0.359. The van der Waals surface area contributed by atoms with E-state index in [1.54, 1.807) is 0 Å². The van der Waals surface area contributed by atoms with Gasteiger partial charge in [0, 0.05) is 0 Å². The summed E-state index contributed by atoms with van der Waals surface area (Å²) < 4.78 is 200. The Hall–Kier alpha value is -1.73. The largest absolute Gasteiger partial charge is 0.450 e. The Balaban J connectivity index is 0.000000342. The van der Waals surface area contributed by atoms with Crippen molar-refractivity contribution < 1.29 is 84.8 Å². The third kappa shape index (κ3) is 5.91. The van der Waals surface area contributed by atoms with Crippen LogP contribution in [0.5, 0.6) is 0 Å². The quantitative estimate of drug-likeness (QED) is 0.386. The summed E-state index contributed by atoms with van der Waals surface area (Å²) >= 11 is 0. The van der Waals surface area contributed by atoms with Crippen LogP contribution < -0.4 is 0 Å². The zero-order valence-electron chi connectivity index (χ0n) is 16.3. The molecule has 0 N–H and O–H groups in total. The highest BCUT2D eigenvalue weighted by molar-refractivity contribution is 5.08. The Morgan fingerprint density at radius 1 is 0.706 bits per heavy atom. The average Bonchev–Trinajstić information content (AvgIpc) is 3.13. The minimum absolute atomic E-state index is 0.236. The van der Waals surface area contributed by atoms with Gasteiger partial charge in [0.1, 0.15) is 13.2 Å². The molecule has 4 unspecified atom stereocenters. The monoisotopic (exact) mass is 540 g/mol. The molecule has 19 heteroatoms. The van der Waals surface area contributed by atoms with Crippen LogP contribution in [-0.4, -0.2) is 54.8 Å².